The Labute approximate surface area is 77.7 Å². The molecular weight excluding hydrogens is 144 g/mol. The molecule has 1 saturated carbocycles. The highest BCUT2D eigenvalue weighted by Crippen LogP contribution is 2.34. The summed E-state index contributed by atoms with van der Waals surface area (Å²) in [5.41, 5.74) is 0. The van der Waals surface area contributed by atoms with Crippen LogP contribution in [0.4, 0.5) is 0 Å². The highest BCUT2D eigenvalue weighted by atomic mass is 14.3. The standard InChI is InChI=1S/C12H24/c1-9(2)12-6-5-10(3)7-11(4)8-12/h9-12H,5-8H2,1-4H3. The van der Waals surface area contributed by atoms with E-state index in [0.717, 1.165) is 23.7 Å². The minimum atomic E-state index is 0.901. The van der Waals surface area contributed by atoms with E-state index in [-0.39, 0.29) is 0 Å². The maximum Gasteiger partial charge on any atom is -0.0388 e. The summed E-state index contributed by atoms with van der Waals surface area (Å²) in [7, 11) is 0. The van der Waals surface area contributed by atoms with Gasteiger partial charge in [-0.2, -0.15) is 0 Å². The first-order valence-electron chi connectivity index (χ1n) is 5.59. The van der Waals surface area contributed by atoms with E-state index in [2.05, 4.69) is 27.7 Å². The minimum Gasteiger partial charge on any atom is -0.0625 e. The average Bonchev–Trinajstić information content (AvgIpc) is 2.11. The summed E-state index contributed by atoms with van der Waals surface area (Å²) in [6.07, 6.45) is 5.88. The molecule has 0 aliphatic heterocycles. The fraction of sp³-hybridized carbons (Fsp3) is 1.00. The van der Waals surface area contributed by atoms with Gasteiger partial charge in [-0.25, -0.2) is 0 Å². The van der Waals surface area contributed by atoms with Gasteiger partial charge in [-0.15, -0.1) is 0 Å². The summed E-state index contributed by atoms with van der Waals surface area (Å²) in [6.45, 7) is 9.61. The van der Waals surface area contributed by atoms with E-state index in [1.54, 1.807) is 0 Å². The SMILES string of the molecule is CC1CCC(C(C)C)CC(C)C1. The molecule has 0 aromatic rings. The molecule has 0 radical (unpaired) electrons. The predicted molar refractivity (Wildman–Crippen MR) is 55.1 cm³/mol. The van der Waals surface area contributed by atoms with Crippen molar-refractivity contribution in [1.29, 1.82) is 0 Å². The van der Waals surface area contributed by atoms with E-state index < -0.39 is 0 Å². The van der Waals surface area contributed by atoms with Gasteiger partial charge in [-0.3, -0.25) is 0 Å². The Morgan fingerprint density at radius 3 is 2.17 bits per heavy atom. The molecule has 0 N–H and O–H groups in total. The van der Waals surface area contributed by atoms with Crippen LogP contribution in [-0.4, -0.2) is 0 Å². The van der Waals surface area contributed by atoms with Crippen LogP contribution in [0.3, 0.4) is 0 Å². The van der Waals surface area contributed by atoms with Gasteiger partial charge in [0.05, 0.1) is 0 Å². The molecule has 1 aliphatic rings. The Kier molecular flexibility index (Phi) is 3.61. The van der Waals surface area contributed by atoms with Gasteiger partial charge < -0.3 is 0 Å². The van der Waals surface area contributed by atoms with Crippen LogP contribution >= 0.6 is 0 Å². The third kappa shape index (κ3) is 2.80. The first-order valence-corrected chi connectivity index (χ1v) is 5.59. The monoisotopic (exact) mass is 168 g/mol. The van der Waals surface area contributed by atoms with Crippen LogP contribution in [0.2, 0.25) is 0 Å². The van der Waals surface area contributed by atoms with Crippen LogP contribution in [0.5, 0.6) is 0 Å². The molecule has 0 saturated heterocycles. The van der Waals surface area contributed by atoms with Crippen LogP contribution < -0.4 is 0 Å². The van der Waals surface area contributed by atoms with Crippen LogP contribution in [0, 0.1) is 23.7 Å². The van der Waals surface area contributed by atoms with E-state index in [1.807, 2.05) is 0 Å². The molecule has 0 aromatic carbocycles. The molecule has 0 aromatic heterocycles. The summed E-state index contributed by atoms with van der Waals surface area (Å²) < 4.78 is 0. The second-order valence-corrected chi connectivity index (χ2v) is 5.26. The Bertz CT molecular complexity index is 126. The van der Waals surface area contributed by atoms with Crippen molar-refractivity contribution in [3.8, 4) is 0 Å². The quantitative estimate of drug-likeness (QED) is 0.517. The summed E-state index contributed by atoms with van der Waals surface area (Å²) in [6, 6.07) is 0. The highest BCUT2D eigenvalue weighted by Gasteiger charge is 2.22. The Morgan fingerprint density at radius 2 is 1.58 bits per heavy atom. The fourth-order valence-electron chi connectivity index (χ4n) is 2.64. The van der Waals surface area contributed by atoms with Gasteiger partial charge in [0.15, 0.2) is 0 Å². The molecule has 1 aliphatic carbocycles. The molecule has 1 rings (SSSR count). The molecule has 0 heteroatoms. The van der Waals surface area contributed by atoms with Crippen molar-refractivity contribution in [3.63, 3.8) is 0 Å². The lowest BCUT2D eigenvalue weighted by Gasteiger charge is -2.20. The van der Waals surface area contributed by atoms with Crippen LogP contribution in [0.25, 0.3) is 0 Å². The second kappa shape index (κ2) is 4.30. The molecule has 72 valence electrons. The van der Waals surface area contributed by atoms with Gasteiger partial charge in [0.2, 0.25) is 0 Å². The van der Waals surface area contributed by atoms with Crippen LogP contribution in [0.15, 0.2) is 0 Å². The maximum absolute atomic E-state index is 2.43. The molecule has 12 heavy (non-hydrogen) atoms. The zero-order valence-corrected chi connectivity index (χ0v) is 9.14. The van der Waals surface area contributed by atoms with E-state index in [0.29, 0.717) is 0 Å². The number of rotatable bonds is 1. The van der Waals surface area contributed by atoms with Gasteiger partial charge >= 0.3 is 0 Å². The van der Waals surface area contributed by atoms with Crippen LogP contribution in [-0.2, 0) is 0 Å². The zero-order chi connectivity index (χ0) is 9.14. The van der Waals surface area contributed by atoms with Crippen molar-refractivity contribution in [1.82, 2.24) is 0 Å². The maximum atomic E-state index is 2.43. The van der Waals surface area contributed by atoms with E-state index in [9.17, 15) is 0 Å². The molecule has 0 nitrogen and oxygen atoms in total. The summed E-state index contributed by atoms with van der Waals surface area (Å²) >= 11 is 0. The lowest BCUT2D eigenvalue weighted by atomic mass is 9.86. The summed E-state index contributed by atoms with van der Waals surface area (Å²) in [4.78, 5) is 0. The minimum absolute atomic E-state index is 0.901. The van der Waals surface area contributed by atoms with Gasteiger partial charge in [0, 0.05) is 0 Å². The van der Waals surface area contributed by atoms with Crippen molar-refractivity contribution in [2.45, 2.75) is 53.4 Å². The predicted octanol–water partition coefficient (Wildman–Crippen LogP) is 4.10. The molecule has 0 amide bonds. The molecule has 0 spiro atoms. The molecule has 0 bridgehead atoms. The number of hydrogen-bond acceptors (Lipinski definition) is 0. The molecule has 3 atom stereocenters. The summed E-state index contributed by atoms with van der Waals surface area (Å²) in [5.74, 6) is 3.85. The van der Waals surface area contributed by atoms with Gasteiger partial charge in [0.25, 0.3) is 0 Å². The van der Waals surface area contributed by atoms with Crippen molar-refractivity contribution in [2.24, 2.45) is 23.7 Å². The van der Waals surface area contributed by atoms with Gasteiger partial charge in [-0.1, -0.05) is 34.1 Å². The molecule has 1 fully saturated rings. The summed E-state index contributed by atoms with van der Waals surface area (Å²) in [5, 5.41) is 0. The van der Waals surface area contributed by atoms with Crippen molar-refractivity contribution >= 4 is 0 Å². The van der Waals surface area contributed by atoms with Crippen molar-refractivity contribution < 1.29 is 0 Å². The molecular formula is C12H24. The van der Waals surface area contributed by atoms with Crippen molar-refractivity contribution in [2.75, 3.05) is 0 Å². The normalized spacial score (nSPS) is 38.2. The third-order valence-electron chi connectivity index (χ3n) is 3.48. The second-order valence-electron chi connectivity index (χ2n) is 5.26. The highest BCUT2D eigenvalue weighted by molar-refractivity contribution is 4.74. The Balaban J connectivity index is 2.46. The first kappa shape index (κ1) is 10.1. The van der Waals surface area contributed by atoms with E-state index >= 15 is 0 Å². The molecule has 0 heterocycles. The molecule has 3 unspecified atom stereocenters. The lowest BCUT2D eigenvalue weighted by Crippen LogP contribution is -2.10. The topological polar surface area (TPSA) is 0 Å². The van der Waals surface area contributed by atoms with Crippen LogP contribution in [0.1, 0.15) is 53.4 Å². The fourth-order valence-corrected chi connectivity index (χ4v) is 2.64. The zero-order valence-electron chi connectivity index (χ0n) is 9.14. The van der Waals surface area contributed by atoms with Crippen molar-refractivity contribution in [3.05, 3.63) is 0 Å². The van der Waals surface area contributed by atoms with Gasteiger partial charge in [-0.05, 0) is 42.9 Å². The van der Waals surface area contributed by atoms with E-state index in [4.69, 9.17) is 0 Å². The van der Waals surface area contributed by atoms with Gasteiger partial charge in [0.1, 0.15) is 0 Å². The lowest BCUT2D eigenvalue weighted by molar-refractivity contribution is 0.308. The Morgan fingerprint density at radius 1 is 0.917 bits per heavy atom. The average molecular weight is 168 g/mol. The first-order chi connectivity index (χ1) is 5.59. The Hall–Kier alpha value is 0. The number of hydrogen-bond donors (Lipinski definition) is 0. The largest absolute Gasteiger partial charge is 0.0625 e. The third-order valence-corrected chi connectivity index (χ3v) is 3.48. The smallest absolute Gasteiger partial charge is 0.0388 e. The van der Waals surface area contributed by atoms with E-state index in [1.165, 1.54) is 25.7 Å².